The molecule has 0 radical (unpaired) electrons. The summed E-state index contributed by atoms with van der Waals surface area (Å²) < 4.78 is 2.10. The van der Waals surface area contributed by atoms with Crippen molar-refractivity contribution < 1.29 is 89.5 Å². The summed E-state index contributed by atoms with van der Waals surface area (Å²) >= 11 is 0. The van der Waals surface area contributed by atoms with E-state index in [1.54, 1.807) is 0 Å². The summed E-state index contributed by atoms with van der Waals surface area (Å²) in [6.45, 7) is 0. The SMILES string of the molecule is [Au+].[Au+].[Au+].[Au+].[C-]#Cc1ccc2c(c1)Cc1ccc(C#[C-])cc1-2.[C-]#Cc1ccc2c(c1)c1ccc(C#[C-])cc1n2C.c1ccc([PH+](C[PH+](c2ccccc2)c2ccccc2)c2ccccc2)cc1.c1ccc([PH+](C[PH+](c2ccccc2)c2ccccc2)c2ccccc2)cc1. The smallest absolute Gasteiger partial charge is 0.366 e. The molecule has 0 amide bonds. The maximum atomic E-state index is 7.21. The van der Waals surface area contributed by atoms with E-state index in [-0.39, 0.29) is 89.5 Å². The van der Waals surface area contributed by atoms with Crippen LogP contribution in [0.4, 0.5) is 0 Å². The van der Waals surface area contributed by atoms with E-state index in [4.69, 9.17) is 25.7 Å². The van der Waals surface area contributed by atoms with Crippen molar-refractivity contribution in [3.05, 3.63) is 375 Å². The number of aryl methyl sites for hydroxylation is 1. The van der Waals surface area contributed by atoms with E-state index < -0.39 is 31.7 Å². The van der Waals surface area contributed by atoms with Crippen molar-refractivity contribution in [1.29, 1.82) is 0 Å². The van der Waals surface area contributed by atoms with Gasteiger partial charge in [-0.15, -0.1) is 70.8 Å². The third-order valence-corrected chi connectivity index (χ3v) is 30.1. The molecule has 1 heterocycles. The Hall–Kier alpha value is -6.64. The molecule has 1 nitrogen and oxygen atoms in total. The van der Waals surface area contributed by atoms with E-state index in [1.165, 1.54) is 76.5 Å². The quantitative estimate of drug-likeness (QED) is 0.0497. The average molecular weight is 2000 g/mol. The van der Waals surface area contributed by atoms with E-state index >= 15 is 0 Å². The summed E-state index contributed by atoms with van der Waals surface area (Å²) in [7, 11) is -1.38. The second kappa shape index (κ2) is 37.5. The predicted molar refractivity (Wildman–Crippen MR) is 392 cm³/mol. The van der Waals surface area contributed by atoms with E-state index in [2.05, 4.69) is 277 Å². The summed E-state index contributed by atoms with van der Waals surface area (Å²) in [6, 6.07) is 113. The first-order valence-corrected chi connectivity index (χ1v) is 36.6. The molecule has 1 aromatic heterocycles. The largest absolute Gasteiger partial charge is 1.00 e. The van der Waals surface area contributed by atoms with Gasteiger partial charge in [0, 0.05) is 23.5 Å². The van der Waals surface area contributed by atoms with Crippen LogP contribution in [-0.2, 0) is 103 Å². The molecule has 0 aliphatic heterocycles. The van der Waals surface area contributed by atoms with Crippen molar-refractivity contribution in [3.8, 4) is 34.8 Å². The monoisotopic (exact) mass is 2000 g/mol. The molecule has 12 aromatic carbocycles. The Morgan fingerprint density at radius 3 is 0.914 bits per heavy atom. The second-order valence-electron chi connectivity index (χ2n) is 21.6. The van der Waals surface area contributed by atoms with Crippen LogP contribution in [-0.4, -0.2) is 16.4 Å². The van der Waals surface area contributed by atoms with Gasteiger partial charge in [-0.3, -0.25) is 23.7 Å². The number of nitrogens with zero attached hydrogens (tertiary/aromatic N) is 1. The van der Waals surface area contributed by atoms with E-state index in [0.717, 1.165) is 50.5 Å². The van der Waals surface area contributed by atoms with Gasteiger partial charge in [0.05, 0.1) is 0 Å². The van der Waals surface area contributed by atoms with Gasteiger partial charge in [0.1, 0.15) is 74.1 Å². The minimum atomic E-state index is -0.847. The van der Waals surface area contributed by atoms with Crippen LogP contribution in [0.25, 0.3) is 32.9 Å². The zero-order chi connectivity index (χ0) is 61.2. The number of rotatable bonds is 12. The minimum absolute atomic E-state index is 0. The van der Waals surface area contributed by atoms with Gasteiger partial charge in [0.25, 0.3) is 0 Å². The molecule has 14 rings (SSSR count). The first-order valence-electron chi connectivity index (χ1n) is 29.8. The molecule has 1 aliphatic rings. The van der Waals surface area contributed by atoms with Crippen molar-refractivity contribution in [2.75, 3.05) is 11.8 Å². The van der Waals surface area contributed by atoms with Crippen LogP contribution in [0.15, 0.2) is 315 Å². The Morgan fingerprint density at radius 1 is 0.280 bits per heavy atom. The number of fused-ring (bicyclic) bond motifs is 6. The Morgan fingerprint density at radius 2 is 0.570 bits per heavy atom. The van der Waals surface area contributed by atoms with Crippen molar-refractivity contribution in [2.45, 2.75) is 6.42 Å². The molecule has 13 aromatic rings. The Balaban J connectivity index is 0.000000176. The van der Waals surface area contributed by atoms with E-state index in [0.29, 0.717) is 0 Å². The van der Waals surface area contributed by atoms with Crippen LogP contribution >= 0.6 is 31.7 Å². The molecule has 0 spiro atoms. The van der Waals surface area contributed by atoms with Gasteiger partial charge in [-0.05, 0) is 126 Å². The van der Waals surface area contributed by atoms with Crippen LogP contribution < -0.4 is 42.4 Å². The van der Waals surface area contributed by atoms with Gasteiger partial charge >= 0.3 is 89.5 Å². The third-order valence-electron chi connectivity index (χ3n) is 16.2. The maximum Gasteiger partial charge on any atom is 1.00 e. The molecule has 0 N–H and O–H groups in total. The summed E-state index contributed by atoms with van der Waals surface area (Å²) in [6.07, 6.45) is 29.6. The fraction of sp³-hybridized carbons (Fsp3) is 0.0476. The normalized spacial score (nSPS) is 10.5. The summed E-state index contributed by atoms with van der Waals surface area (Å²) in [4.78, 5) is 0. The standard InChI is InChI=1S/2C25H22P2.C17H9N.C17H8.4Au/c2*1-5-13-22(14-6-1)26(23-15-7-2-8-16-23)21-27(24-17-9-3-10-18-24)25-19-11-4-12-20-25;1-4-12-7-9-16-15(10-12)14-8-6-13(5-2)11-17(14)18(16)3;1-3-12-6-8-16-15(9-12)11-14-7-5-13(4-2)10-17(14)16;;;;/h2*1-20H,21H2;6-11H,3H3;5-10H,11H2;;;;/q;;2*-2;4*+1/p+4. The summed E-state index contributed by atoms with van der Waals surface area (Å²) in [5.41, 5.74) is 10.3. The molecule has 0 fully saturated rings. The number of hydrogen-bond donors (Lipinski definition) is 0. The Bertz CT molecular complexity index is 4160. The molecule has 0 unspecified atom stereocenters. The molecule has 1 aliphatic carbocycles. The molecular formula is C84H65Au4NP4+4. The summed E-state index contributed by atoms with van der Waals surface area (Å²) in [5.74, 6) is 12.1. The van der Waals surface area contributed by atoms with Crippen molar-refractivity contribution in [2.24, 2.45) is 7.05 Å². The number of hydrogen-bond acceptors (Lipinski definition) is 0. The first-order chi connectivity index (χ1) is 43.9. The summed E-state index contributed by atoms with van der Waals surface area (Å²) in [5, 5.41) is 14.3. The van der Waals surface area contributed by atoms with E-state index in [1.807, 2.05) is 73.8 Å². The maximum absolute atomic E-state index is 7.21. The average Bonchev–Trinajstić information content (AvgIpc) is 1.65. The fourth-order valence-corrected chi connectivity index (χ4v) is 27.1. The molecular weight excluding hydrogens is 1930 g/mol. The predicted octanol–water partition coefficient (Wildman–Crippen LogP) is 15.7. The van der Waals surface area contributed by atoms with Crippen molar-refractivity contribution in [3.63, 3.8) is 0 Å². The van der Waals surface area contributed by atoms with Crippen LogP contribution in [0.2, 0.25) is 0 Å². The van der Waals surface area contributed by atoms with Crippen LogP contribution in [0.1, 0.15) is 33.4 Å². The fourth-order valence-electron chi connectivity index (χ4n) is 11.7. The first kappa shape index (κ1) is 73.8. The molecule has 93 heavy (non-hydrogen) atoms. The second-order valence-corrected chi connectivity index (χ2v) is 32.9. The zero-order valence-corrected chi connectivity index (χ0v) is 63.5. The van der Waals surface area contributed by atoms with Gasteiger partial charge in [-0.1, -0.05) is 175 Å². The zero-order valence-electron chi connectivity index (χ0n) is 50.8. The van der Waals surface area contributed by atoms with Gasteiger partial charge in [-0.25, -0.2) is 0 Å². The molecule has 0 saturated carbocycles. The molecule has 0 atom stereocenters. The Kier molecular flexibility index (Phi) is 29.7. The van der Waals surface area contributed by atoms with Crippen LogP contribution in [0.3, 0.4) is 0 Å². The topological polar surface area (TPSA) is 4.93 Å². The molecule has 0 saturated heterocycles. The molecule has 0 bridgehead atoms. The Labute approximate surface area is 618 Å². The van der Waals surface area contributed by atoms with Gasteiger partial charge in [0.15, 0.2) is 11.8 Å². The van der Waals surface area contributed by atoms with E-state index in [9.17, 15) is 0 Å². The van der Waals surface area contributed by atoms with Crippen molar-refractivity contribution >= 4 is 95.9 Å². The van der Waals surface area contributed by atoms with Gasteiger partial charge < -0.3 is 30.3 Å². The number of aromatic nitrogens is 1. The van der Waals surface area contributed by atoms with Gasteiger partial charge in [0.2, 0.25) is 0 Å². The van der Waals surface area contributed by atoms with Crippen LogP contribution in [0.5, 0.6) is 0 Å². The third kappa shape index (κ3) is 18.9. The van der Waals surface area contributed by atoms with Gasteiger partial charge in [-0.2, -0.15) is 0 Å². The minimum Gasteiger partial charge on any atom is -0.366 e. The van der Waals surface area contributed by atoms with Crippen molar-refractivity contribution in [1.82, 2.24) is 4.57 Å². The molecule has 466 valence electrons. The molecule has 9 heteroatoms. The van der Waals surface area contributed by atoms with Crippen LogP contribution in [0, 0.1) is 49.4 Å². The number of benzene rings is 12.